The summed E-state index contributed by atoms with van der Waals surface area (Å²) in [6.07, 6.45) is -0.0145. The molecule has 1 saturated carbocycles. The van der Waals surface area contributed by atoms with E-state index in [4.69, 9.17) is 16.3 Å². The molecular formula is C18H21ClN2O4. The summed E-state index contributed by atoms with van der Waals surface area (Å²) in [5.41, 5.74) is -1.26. The lowest BCUT2D eigenvalue weighted by atomic mass is 9.54. The SMILES string of the molecule is CCOC1CC(NC(=O)c2[nH]c3ccccc3c2Cl)(C(=O)O)C1(C)C. The quantitative estimate of drug-likeness (QED) is 0.759. The van der Waals surface area contributed by atoms with E-state index in [0.29, 0.717) is 6.61 Å². The molecule has 25 heavy (non-hydrogen) atoms. The van der Waals surface area contributed by atoms with E-state index in [2.05, 4.69) is 10.3 Å². The van der Waals surface area contributed by atoms with Crippen molar-refractivity contribution in [1.82, 2.24) is 10.3 Å². The third kappa shape index (κ3) is 2.51. The Hall–Kier alpha value is -2.05. The van der Waals surface area contributed by atoms with Gasteiger partial charge in [-0.15, -0.1) is 0 Å². The number of carboxylic acid groups (broad SMARTS) is 1. The molecule has 0 saturated heterocycles. The average molecular weight is 365 g/mol. The zero-order valence-electron chi connectivity index (χ0n) is 14.4. The fourth-order valence-electron chi connectivity index (χ4n) is 3.56. The molecule has 1 aliphatic rings. The van der Waals surface area contributed by atoms with Gasteiger partial charge < -0.3 is 20.1 Å². The van der Waals surface area contributed by atoms with Gasteiger partial charge in [-0.25, -0.2) is 4.79 Å². The standard InChI is InChI=1S/C18H21ClN2O4/c1-4-25-12-9-18(16(23)24,17(12,2)3)21-15(22)14-13(19)10-7-5-6-8-11(10)20-14/h5-8,12,20H,4,9H2,1-3H3,(H,21,22)(H,23,24). The fourth-order valence-corrected chi connectivity index (χ4v) is 3.86. The van der Waals surface area contributed by atoms with E-state index in [9.17, 15) is 14.7 Å². The number of carbonyl (C=O) groups excluding carboxylic acids is 1. The number of carboxylic acids is 1. The molecule has 7 heteroatoms. The van der Waals surface area contributed by atoms with Crippen molar-refractivity contribution in [2.45, 2.75) is 38.8 Å². The molecular weight excluding hydrogens is 344 g/mol. The number of fused-ring (bicyclic) bond motifs is 1. The number of para-hydroxylation sites is 1. The van der Waals surface area contributed by atoms with Crippen LogP contribution < -0.4 is 5.32 Å². The van der Waals surface area contributed by atoms with Crippen molar-refractivity contribution in [2.75, 3.05) is 6.61 Å². The number of ether oxygens (including phenoxy) is 1. The Kier molecular flexibility index (Phi) is 4.29. The first-order valence-electron chi connectivity index (χ1n) is 8.18. The van der Waals surface area contributed by atoms with Crippen LogP contribution in [0, 0.1) is 5.41 Å². The number of rotatable bonds is 5. The number of aliphatic carboxylic acids is 1. The lowest BCUT2D eigenvalue weighted by Crippen LogP contribution is -2.76. The van der Waals surface area contributed by atoms with Gasteiger partial charge in [0.25, 0.3) is 5.91 Å². The average Bonchev–Trinajstić information content (AvgIpc) is 2.90. The van der Waals surface area contributed by atoms with Crippen molar-refractivity contribution in [2.24, 2.45) is 5.41 Å². The van der Waals surface area contributed by atoms with Crippen molar-refractivity contribution in [3.8, 4) is 0 Å². The number of benzene rings is 1. The van der Waals surface area contributed by atoms with Crippen LogP contribution in [0.1, 0.15) is 37.7 Å². The highest BCUT2D eigenvalue weighted by Gasteiger charge is 2.66. The molecule has 1 aliphatic carbocycles. The van der Waals surface area contributed by atoms with Crippen LogP contribution >= 0.6 is 11.6 Å². The van der Waals surface area contributed by atoms with Crippen molar-refractivity contribution >= 4 is 34.4 Å². The monoisotopic (exact) mass is 364 g/mol. The number of carbonyl (C=O) groups is 2. The van der Waals surface area contributed by atoms with Crippen molar-refractivity contribution < 1.29 is 19.4 Å². The maximum atomic E-state index is 12.8. The number of H-pyrrole nitrogens is 1. The van der Waals surface area contributed by atoms with Crippen molar-refractivity contribution in [3.63, 3.8) is 0 Å². The number of nitrogens with one attached hydrogen (secondary N) is 2. The number of hydrogen-bond donors (Lipinski definition) is 3. The molecule has 1 amide bonds. The Morgan fingerprint density at radius 3 is 2.64 bits per heavy atom. The van der Waals surface area contributed by atoms with Gasteiger partial charge in [0.2, 0.25) is 0 Å². The molecule has 2 aromatic rings. The number of amides is 1. The topological polar surface area (TPSA) is 91.4 Å². The second-order valence-electron chi connectivity index (χ2n) is 6.89. The minimum absolute atomic E-state index is 0.166. The normalized spacial score (nSPS) is 24.7. The Labute approximate surface area is 150 Å². The highest BCUT2D eigenvalue weighted by Crippen LogP contribution is 2.51. The lowest BCUT2D eigenvalue weighted by Gasteiger charge is -2.58. The molecule has 0 bridgehead atoms. The van der Waals surface area contributed by atoms with Gasteiger partial charge in [-0.2, -0.15) is 0 Å². The van der Waals surface area contributed by atoms with Crippen LogP contribution in [0.25, 0.3) is 10.9 Å². The Morgan fingerprint density at radius 1 is 1.40 bits per heavy atom. The highest BCUT2D eigenvalue weighted by molar-refractivity contribution is 6.38. The molecule has 2 unspecified atom stereocenters. The number of halogens is 1. The smallest absolute Gasteiger partial charge is 0.330 e. The summed E-state index contributed by atoms with van der Waals surface area (Å²) in [6.45, 7) is 5.93. The first kappa shape index (κ1) is 17.8. The second-order valence-corrected chi connectivity index (χ2v) is 7.27. The van der Waals surface area contributed by atoms with Gasteiger partial charge in [0.05, 0.1) is 11.1 Å². The molecule has 1 heterocycles. The Bertz CT molecular complexity index is 845. The first-order chi connectivity index (χ1) is 11.7. The summed E-state index contributed by atoms with van der Waals surface area (Å²) >= 11 is 6.31. The minimum atomic E-state index is -1.40. The van der Waals surface area contributed by atoms with E-state index in [1.54, 1.807) is 19.9 Å². The molecule has 1 fully saturated rings. The molecule has 1 aromatic heterocycles. The molecule has 6 nitrogen and oxygen atoms in total. The van der Waals surface area contributed by atoms with Gasteiger partial charge in [-0.05, 0) is 13.0 Å². The first-order valence-corrected chi connectivity index (χ1v) is 8.56. The zero-order chi connectivity index (χ0) is 18.4. The molecule has 134 valence electrons. The maximum absolute atomic E-state index is 12.8. The van der Waals surface area contributed by atoms with Crippen LogP contribution in [0.5, 0.6) is 0 Å². The number of hydrogen-bond acceptors (Lipinski definition) is 3. The van der Waals surface area contributed by atoms with Crippen molar-refractivity contribution in [1.29, 1.82) is 0 Å². The van der Waals surface area contributed by atoms with Crippen molar-refractivity contribution in [3.05, 3.63) is 35.0 Å². The van der Waals surface area contributed by atoms with E-state index < -0.39 is 22.8 Å². The van der Waals surface area contributed by atoms with Crippen LogP contribution in [-0.4, -0.2) is 40.2 Å². The molecule has 0 aliphatic heterocycles. The predicted molar refractivity (Wildman–Crippen MR) is 95.0 cm³/mol. The number of aromatic nitrogens is 1. The summed E-state index contributed by atoms with van der Waals surface area (Å²) < 4.78 is 5.61. The Balaban J connectivity index is 1.92. The van der Waals surface area contributed by atoms with E-state index in [0.717, 1.165) is 10.9 Å². The van der Waals surface area contributed by atoms with Gasteiger partial charge in [0.15, 0.2) is 0 Å². The summed E-state index contributed by atoms with van der Waals surface area (Å²) in [5, 5.41) is 13.5. The summed E-state index contributed by atoms with van der Waals surface area (Å²) in [7, 11) is 0. The fraction of sp³-hybridized carbons (Fsp3) is 0.444. The zero-order valence-corrected chi connectivity index (χ0v) is 15.1. The van der Waals surface area contributed by atoms with Crippen LogP contribution in [0.4, 0.5) is 0 Å². The van der Waals surface area contributed by atoms with Crippen LogP contribution in [0.2, 0.25) is 5.02 Å². The van der Waals surface area contributed by atoms with E-state index in [1.807, 2.05) is 25.1 Å². The van der Waals surface area contributed by atoms with Gasteiger partial charge >= 0.3 is 5.97 Å². The molecule has 3 N–H and O–H groups in total. The minimum Gasteiger partial charge on any atom is -0.479 e. The molecule has 3 rings (SSSR count). The van der Waals surface area contributed by atoms with Gasteiger partial charge in [0, 0.05) is 29.3 Å². The largest absolute Gasteiger partial charge is 0.479 e. The predicted octanol–water partition coefficient (Wildman–Crippen LogP) is 3.21. The third-order valence-corrected chi connectivity index (χ3v) is 5.72. The van der Waals surface area contributed by atoms with Gasteiger partial charge in [-0.1, -0.05) is 43.6 Å². The van der Waals surface area contributed by atoms with E-state index >= 15 is 0 Å². The molecule has 0 radical (unpaired) electrons. The number of aromatic amines is 1. The molecule has 1 aromatic carbocycles. The maximum Gasteiger partial charge on any atom is 0.330 e. The third-order valence-electron chi connectivity index (χ3n) is 5.33. The van der Waals surface area contributed by atoms with Gasteiger partial charge in [-0.3, -0.25) is 4.79 Å². The second kappa shape index (κ2) is 6.04. The van der Waals surface area contributed by atoms with Gasteiger partial charge in [0.1, 0.15) is 11.2 Å². The van der Waals surface area contributed by atoms with Crippen LogP contribution in [0.15, 0.2) is 24.3 Å². The molecule has 2 atom stereocenters. The summed E-state index contributed by atoms with van der Waals surface area (Å²) in [5.74, 6) is -1.61. The summed E-state index contributed by atoms with van der Waals surface area (Å²) in [6, 6.07) is 7.27. The Morgan fingerprint density at radius 2 is 2.08 bits per heavy atom. The highest BCUT2D eigenvalue weighted by atomic mass is 35.5. The lowest BCUT2D eigenvalue weighted by molar-refractivity contribution is -0.190. The summed E-state index contributed by atoms with van der Waals surface area (Å²) in [4.78, 5) is 27.7. The van der Waals surface area contributed by atoms with Crippen LogP contribution in [0.3, 0.4) is 0 Å². The molecule has 0 spiro atoms. The van der Waals surface area contributed by atoms with E-state index in [1.165, 1.54) is 0 Å². The van der Waals surface area contributed by atoms with Crippen LogP contribution in [-0.2, 0) is 9.53 Å². The van der Waals surface area contributed by atoms with E-state index in [-0.39, 0.29) is 23.2 Å².